The molecule has 8 heteroatoms. The Hall–Kier alpha value is -1.68. The van der Waals surface area contributed by atoms with Gasteiger partial charge >= 0.3 is 0 Å². The Morgan fingerprint density at radius 2 is 2.10 bits per heavy atom. The van der Waals surface area contributed by atoms with Crippen LogP contribution in [0.1, 0.15) is 48.9 Å². The van der Waals surface area contributed by atoms with Crippen LogP contribution in [0.15, 0.2) is 34.6 Å². The molecule has 2 heterocycles. The summed E-state index contributed by atoms with van der Waals surface area (Å²) in [5.41, 5.74) is 3.47. The van der Waals surface area contributed by atoms with Crippen molar-refractivity contribution in [3.63, 3.8) is 0 Å². The average molecular weight is 527 g/mol. The highest BCUT2D eigenvalue weighted by atomic mass is 127. The summed E-state index contributed by atoms with van der Waals surface area (Å²) < 4.78 is 0. The predicted octanol–water partition coefficient (Wildman–Crippen LogP) is 3.92. The lowest BCUT2D eigenvalue weighted by Crippen LogP contribution is -2.37. The number of nitrogens with zero attached hydrogens (tertiary/aromatic N) is 3. The molecular weight excluding hydrogens is 497 g/mol. The zero-order valence-electron chi connectivity index (χ0n) is 17.3. The molecule has 158 valence electrons. The van der Waals surface area contributed by atoms with Crippen LogP contribution >= 0.6 is 35.3 Å². The van der Waals surface area contributed by atoms with Gasteiger partial charge in [-0.05, 0) is 30.4 Å². The van der Waals surface area contributed by atoms with Crippen LogP contribution in [0.2, 0.25) is 0 Å². The smallest absolute Gasteiger partial charge is 0.227 e. The van der Waals surface area contributed by atoms with Crippen molar-refractivity contribution in [1.29, 1.82) is 0 Å². The van der Waals surface area contributed by atoms with Crippen LogP contribution in [-0.2, 0) is 17.8 Å². The number of nitrogens with one attached hydrogen (secondary N) is 2. The molecule has 0 radical (unpaired) electrons. The number of aliphatic imine (C=N–C) groups is 1. The van der Waals surface area contributed by atoms with Crippen molar-refractivity contribution < 1.29 is 4.79 Å². The Balaban J connectivity index is 0.00000300. The molecule has 0 spiro atoms. The van der Waals surface area contributed by atoms with Gasteiger partial charge in [0.05, 0.1) is 12.2 Å². The maximum Gasteiger partial charge on any atom is 0.227 e. The van der Waals surface area contributed by atoms with Gasteiger partial charge in [-0.25, -0.2) is 4.98 Å². The van der Waals surface area contributed by atoms with Crippen molar-refractivity contribution in [2.45, 2.75) is 45.6 Å². The second-order valence-electron chi connectivity index (χ2n) is 7.20. The highest BCUT2D eigenvalue weighted by molar-refractivity contribution is 14.0. The standard InChI is InChI=1S/C21H29N5OS.HI/c1-15(2)17-14-28-19(25-17)13-24-21(22-3)23-11-6-9-20(27)26-12-10-16-7-4-5-8-18(16)26;/h4-5,7-8,14-15H,6,9-13H2,1-3H3,(H2,22,23,24);1H. The van der Waals surface area contributed by atoms with Crippen molar-refractivity contribution in [2.24, 2.45) is 4.99 Å². The summed E-state index contributed by atoms with van der Waals surface area (Å²) in [5, 5.41) is 9.73. The number of carbonyl (C=O) groups excluding carboxylic acids is 1. The molecule has 1 aromatic carbocycles. The minimum Gasteiger partial charge on any atom is -0.356 e. The highest BCUT2D eigenvalue weighted by Crippen LogP contribution is 2.28. The summed E-state index contributed by atoms with van der Waals surface area (Å²) in [4.78, 5) is 23.3. The van der Waals surface area contributed by atoms with E-state index in [4.69, 9.17) is 0 Å². The summed E-state index contributed by atoms with van der Waals surface area (Å²) >= 11 is 1.66. The Kier molecular flexibility index (Phi) is 9.35. The van der Waals surface area contributed by atoms with E-state index < -0.39 is 0 Å². The summed E-state index contributed by atoms with van der Waals surface area (Å²) in [7, 11) is 1.75. The average Bonchev–Trinajstić information content (AvgIpc) is 3.34. The van der Waals surface area contributed by atoms with Crippen molar-refractivity contribution in [2.75, 3.05) is 25.0 Å². The van der Waals surface area contributed by atoms with Crippen molar-refractivity contribution >= 4 is 52.9 Å². The second-order valence-corrected chi connectivity index (χ2v) is 8.14. The van der Waals surface area contributed by atoms with E-state index in [-0.39, 0.29) is 29.9 Å². The van der Waals surface area contributed by atoms with Crippen LogP contribution in [0.3, 0.4) is 0 Å². The van der Waals surface area contributed by atoms with Gasteiger partial charge in [-0.2, -0.15) is 0 Å². The van der Waals surface area contributed by atoms with E-state index in [1.54, 1.807) is 18.4 Å². The molecular formula is C21H30IN5OS. The minimum atomic E-state index is 0. The third-order valence-corrected chi connectivity index (χ3v) is 5.71. The van der Waals surface area contributed by atoms with Gasteiger partial charge in [-0.15, -0.1) is 35.3 Å². The number of rotatable bonds is 7. The van der Waals surface area contributed by atoms with Crippen LogP contribution in [0.4, 0.5) is 5.69 Å². The van der Waals surface area contributed by atoms with E-state index in [0.29, 0.717) is 25.4 Å². The van der Waals surface area contributed by atoms with Crippen LogP contribution in [-0.4, -0.2) is 37.0 Å². The largest absolute Gasteiger partial charge is 0.356 e. The quantitative estimate of drug-likeness (QED) is 0.248. The Bertz CT molecular complexity index is 836. The van der Waals surface area contributed by atoms with E-state index in [9.17, 15) is 4.79 Å². The van der Waals surface area contributed by atoms with Gasteiger partial charge in [0.25, 0.3) is 0 Å². The zero-order chi connectivity index (χ0) is 19.9. The fourth-order valence-electron chi connectivity index (χ4n) is 3.23. The molecule has 2 aromatic rings. The molecule has 3 rings (SSSR count). The molecule has 0 bridgehead atoms. The number of hydrogen-bond acceptors (Lipinski definition) is 4. The first kappa shape index (κ1) is 23.6. The number of fused-ring (bicyclic) bond motifs is 1. The number of aromatic nitrogens is 1. The number of benzene rings is 1. The number of hydrogen-bond donors (Lipinski definition) is 2. The molecule has 1 aliphatic heterocycles. The van der Waals surface area contributed by atoms with E-state index in [2.05, 4.69) is 45.9 Å². The lowest BCUT2D eigenvalue weighted by Gasteiger charge is -2.17. The van der Waals surface area contributed by atoms with Crippen LogP contribution < -0.4 is 15.5 Å². The van der Waals surface area contributed by atoms with E-state index in [0.717, 1.165) is 41.7 Å². The monoisotopic (exact) mass is 527 g/mol. The fraction of sp³-hybridized carbons (Fsp3) is 0.476. The van der Waals surface area contributed by atoms with Gasteiger partial charge in [0.2, 0.25) is 5.91 Å². The molecule has 29 heavy (non-hydrogen) atoms. The molecule has 0 atom stereocenters. The van der Waals surface area contributed by atoms with Crippen molar-refractivity contribution in [1.82, 2.24) is 15.6 Å². The number of para-hydroxylation sites is 1. The first-order valence-electron chi connectivity index (χ1n) is 9.85. The normalized spacial score (nSPS) is 13.2. The Morgan fingerprint density at radius 1 is 1.31 bits per heavy atom. The molecule has 0 fully saturated rings. The zero-order valence-corrected chi connectivity index (χ0v) is 20.4. The topological polar surface area (TPSA) is 69.6 Å². The number of anilines is 1. The highest BCUT2D eigenvalue weighted by Gasteiger charge is 2.23. The molecule has 0 saturated carbocycles. The number of carbonyl (C=O) groups is 1. The number of guanidine groups is 1. The number of amides is 1. The minimum absolute atomic E-state index is 0. The number of thiazole rings is 1. The van der Waals surface area contributed by atoms with Gasteiger partial charge in [0.1, 0.15) is 5.01 Å². The first-order valence-corrected chi connectivity index (χ1v) is 10.7. The summed E-state index contributed by atoms with van der Waals surface area (Å²) in [5.74, 6) is 1.38. The van der Waals surface area contributed by atoms with Gasteiger partial charge in [-0.3, -0.25) is 9.79 Å². The SMILES string of the molecule is CN=C(NCCCC(=O)N1CCc2ccccc21)NCc1nc(C(C)C)cs1.I. The molecule has 1 amide bonds. The van der Waals surface area contributed by atoms with Gasteiger partial charge < -0.3 is 15.5 Å². The first-order chi connectivity index (χ1) is 13.6. The molecule has 0 aliphatic carbocycles. The third kappa shape index (κ3) is 6.40. The predicted molar refractivity (Wildman–Crippen MR) is 132 cm³/mol. The molecule has 2 N–H and O–H groups in total. The van der Waals surface area contributed by atoms with E-state index in [1.807, 2.05) is 23.1 Å². The van der Waals surface area contributed by atoms with Crippen LogP contribution in [0.5, 0.6) is 0 Å². The Labute approximate surface area is 194 Å². The maximum atomic E-state index is 12.5. The lowest BCUT2D eigenvalue weighted by atomic mass is 10.2. The molecule has 0 unspecified atom stereocenters. The molecule has 1 aromatic heterocycles. The second kappa shape index (κ2) is 11.5. The fourth-order valence-corrected chi connectivity index (χ4v) is 4.13. The van der Waals surface area contributed by atoms with E-state index >= 15 is 0 Å². The maximum absolute atomic E-state index is 12.5. The molecule has 6 nitrogen and oxygen atoms in total. The Morgan fingerprint density at radius 3 is 2.83 bits per heavy atom. The van der Waals surface area contributed by atoms with Crippen molar-refractivity contribution in [3.8, 4) is 0 Å². The third-order valence-electron chi connectivity index (χ3n) is 4.84. The van der Waals surface area contributed by atoms with E-state index in [1.165, 1.54) is 5.56 Å². The van der Waals surface area contributed by atoms with Gasteiger partial charge in [-0.1, -0.05) is 32.0 Å². The molecule has 1 aliphatic rings. The van der Waals surface area contributed by atoms with Gasteiger partial charge in [0.15, 0.2) is 5.96 Å². The summed E-state index contributed by atoms with van der Waals surface area (Å²) in [6, 6.07) is 8.17. The number of halogens is 1. The van der Waals surface area contributed by atoms with Gasteiger partial charge in [0, 0.05) is 37.6 Å². The van der Waals surface area contributed by atoms with Crippen molar-refractivity contribution in [3.05, 3.63) is 45.9 Å². The van der Waals surface area contributed by atoms with Crippen LogP contribution in [0, 0.1) is 0 Å². The summed E-state index contributed by atoms with van der Waals surface area (Å²) in [6.07, 6.45) is 2.25. The lowest BCUT2D eigenvalue weighted by molar-refractivity contribution is -0.118. The summed E-state index contributed by atoms with van der Waals surface area (Å²) in [6.45, 7) is 6.45. The van der Waals surface area contributed by atoms with Crippen LogP contribution in [0.25, 0.3) is 0 Å². The molecule has 0 saturated heterocycles.